The van der Waals surface area contributed by atoms with Crippen LogP contribution >= 0.6 is 0 Å². The Balaban J connectivity index is 2.90. The molecular weight excluding hydrogens is 160 g/mol. The van der Waals surface area contributed by atoms with E-state index in [0.717, 1.165) is 0 Å². The van der Waals surface area contributed by atoms with Gasteiger partial charge in [-0.2, -0.15) is 17.4 Å². The molecule has 10 heavy (non-hydrogen) atoms. The number of amides is 1. The summed E-state index contributed by atoms with van der Waals surface area (Å²) in [6.07, 6.45) is -1.44. The fraction of sp³-hybridized carbons (Fsp3) is 0.667. The van der Waals surface area contributed by atoms with Crippen molar-refractivity contribution in [3.8, 4) is 0 Å². The average Bonchev–Trinajstić information content (AvgIpc) is 2.08. The second-order valence-electron chi connectivity index (χ2n) is 1.75. The van der Waals surface area contributed by atoms with Crippen molar-refractivity contribution in [1.82, 2.24) is 9.03 Å². The van der Waals surface area contributed by atoms with E-state index in [1.54, 1.807) is 0 Å². The lowest BCUT2D eigenvalue weighted by Crippen LogP contribution is -2.33. The first-order valence-electron chi connectivity index (χ1n) is 2.54. The van der Waals surface area contributed by atoms with Crippen LogP contribution in [0, 0.1) is 0 Å². The maximum Gasteiger partial charge on any atom is 0.422 e. The lowest BCUT2D eigenvalue weighted by atomic mass is 10.7. The summed E-state index contributed by atoms with van der Waals surface area (Å²) in [4.78, 5) is 10.1. The van der Waals surface area contributed by atoms with E-state index in [-0.39, 0.29) is 13.1 Å². The number of hydrogen-bond acceptors (Lipinski definition) is 3. The first-order valence-corrected chi connectivity index (χ1v) is 3.98. The van der Waals surface area contributed by atoms with Crippen LogP contribution in [-0.2, 0) is 10.2 Å². The summed E-state index contributed by atoms with van der Waals surface area (Å²) in [5.41, 5.74) is 0. The predicted octanol–water partition coefficient (Wildman–Crippen LogP) is -1.19. The Hall–Kier alpha value is -0.820. The smallest absolute Gasteiger partial charge is 0.422 e. The first-order chi connectivity index (χ1) is 4.54. The van der Waals surface area contributed by atoms with Crippen molar-refractivity contribution in [2.24, 2.45) is 0 Å². The Morgan fingerprint density at radius 2 is 2.20 bits per heavy atom. The molecule has 1 fully saturated rings. The maximum absolute atomic E-state index is 10.6. The zero-order valence-electron chi connectivity index (χ0n) is 4.94. The van der Waals surface area contributed by atoms with Gasteiger partial charge in [-0.15, -0.1) is 0 Å². The molecule has 1 amide bonds. The third kappa shape index (κ3) is 1.05. The average molecular weight is 166 g/mol. The number of hydrogen-bond donors (Lipinski definition) is 2. The van der Waals surface area contributed by atoms with E-state index in [2.05, 4.69) is 0 Å². The van der Waals surface area contributed by atoms with E-state index < -0.39 is 16.3 Å². The van der Waals surface area contributed by atoms with E-state index in [4.69, 9.17) is 5.11 Å². The highest BCUT2D eigenvalue weighted by atomic mass is 32.2. The largest absolute Gasteiger partial charge is 0.464 e. The van der Waals surface area contributed by atoms with Crippen LogP contribution in [0.25, 0.3) is 0 Å². The van der Waals surface area contributed by atoms with Crippen molar-refractivity contribution in [1.29, 1.82) is 0 Å². The second kappa shape index (κ2) is 2.10. The molecule has 1 aliphatic heterocycles. The van der Waals surface area contributed by atoms with Crippen LogP contribution in [0.5, 0.6) is 0 Å². The van der Waals surface area contributed by atoms with Gasteiger partial charge in [-0.05, 0) is 0 Å². The number of carboxylic acid groups (broad SMARTS) is 1. The van der Waals surface area contributed by atoms with Gasteiger partial charge in [0.15, 0.2) is 0 Å². The molecule has 2 N–H and O–H groups in total. The SMILES string of the molecule is O=C(O)N1CCNS1(=O)=O. The standard InChI is InChI=1S/C3H6N2O4S/c6-3(7)5-2-1-4-10(5,8)9/h4H,1-2H2,(H,6,7). The minimum Gasteiger partial charge on any atom is -0.464 e. The first kappa shape index (κ1) is 7.29. The molecule has 0 aliphatic carbocycles. The molecule has 0 unspecified atom stereocenters. The van der Waals surface area contributed by atoms with E-state index in [9.17, 15) is 13.2 Å². The summed E-state index contributed by atoms with van der Waals surface area (Å²) in [5, 5.41) is 8.26. The van der Waals surface area contributed by atoms with Crippen molar-refractivity contribution in [3.05, 3.63) is 0 Å². The Kier molecular flexibility index (Phi) is 1.53. The van der Waals surface area contributed by atoms with Crippen LogP contribution in [0.4, 0.5) is 4.79 Å². The van der Waals surface area contributed by atoms with E-state index >= 15 is 0 Å². The van der Waals surface area contributed by atoms with E-state index in [0.29, 0.717) is 4.31 Å². The third-order valence-electron chi connectivity index (χ3n) is 1.10. The van der Waals surface area contributed by atoms with Gasteiger partial charge >= 0.3 is 16.3 Å². The minimum absolute atomic E-state index is 0.00231. The number of nitrogens with one attached hydrogen (secondary N) is 1. The fourth-order valence-corrected chi connectivity index (χ4v) is 1.72. The zero-order chi connectivity index (χ0) is 7.78. The Bertz CT molecular complexity index is 245. The molecular formula is C3H6N2O4S. The van der Waals surface area contributed by atoms with E-state index in [1.165, 1.54) is 0 Å². The van der Waals surface area contributed by atoms with Crippen LogP contribution in [0.1, 0.15) is 0 Å². The predicted molar refractivity (Wildman–Crippen MR) is 31.7 cm³/mol. The molecule has 0 radical (unpaired) electrons. The van der Waals surface area contributed by atoms with Gasteiger partial charge in [0, 0.05) is 6.54 Å². The maximum atomic E-state index is 10.6. The molecule has 58 valence electrons. The van der Waals surface area contributed by atoms with Crippen LogP contribution < -0.4 is 4.72 Å². The molecule has 0 aromatic carbocycles. The second-order valence-corrected chi connectivity index (χ2v) is 3.43. The van der Waals surface area contributed by atoms with Crippen molar-refractivity contribution in [3.63, 3.8) is 0 Å². The fourth-order valence-electron chi connectivity index (χ4n) is 0.673. The molecule has 0 saturated carbocycles. The molecule has 1 saturated heterocycles. The van der Waals surface area contributed by atoms with Gasteiger partial charge in [0.2, 0.25) is 0 Å². The third-order valence-corrected chi connectivity index (χ3v) is 2.59. The van der Waals surface area contributed by atoms with Crippen LogP contribution in [0.3, 0.4) is 0 Å². The quantitative estimate of drug-likeness (QED) is 0.474. The molecule has 1 aliphatic rings. The summed E-state index contributed by atoms with van der Waals surface area (Å²) in [6.45, 7) is 0.159. The van der Waals surface area contributed by atoms with Crippen molar-refractivity contribution in [2.75, 3.05) is 13.1 Å². The highest BCUT2D eigenvalue weighted by molar-refractivity contribution is 7.87. The van der Waals surface area contributed by atoms with Crippen molar-refractivity contribution >= 4 is 16.3 Å². The lowest BCUT2D eigenvalue weighted by molar-refractivity contribution is 0.175. The van der Waals surface area contributed by atoms with Gasteiger partial charge in [0.05, 0.1) is 6.54 Å². The number of carbonyl (C=O) groups is 1. The molecule has 0 spiro atoms. The minimum atomic E-state index is -3.70. The topological polar surface area (TPSA) is 86.7 Å². The summed E-state index contributed by atoms with van der Waals surface area (Å²) in [6, 6.07) is 0. The molecule has 7 heteroatoms. The Morgan fingerprint density at radius 1 is 1.60 bits per heavy atom. The van der Waals surface area contributed by atoms with Crippen LogP contribution in [-0.4, -0.2) is 37.0 Å². The van der Waals surface area contributed by atoms with Crippen LogP contribution in [0.15, 0.2) is 0 Å². The Labute approximate surface area is 57.6 Å². The normalized spacial score (nSPS) is 23.0. The van der Waals surface area contributed by atoms with Gasteiger partial charge in [-0.25, -0.2) is 4.79 Å². The molecule has 0 aromatic heterocycles. The van der Waals surface area contributed by atoms with Gasteiger partial charge in [-0.1, -0.05) is 0 Å². The highest BCUT2D eigenvalue weighted by Crippen LogP contribution is 2.03. The summed E-state index contributed by atoms with van der Waals surface area (Å²) < 4.78 is 23.7. The van der Waals surface area contributed by atoms with Crippen molar-refractivity contribution in [2.45, 2.75) is 0 Å². The summed E-state index contributed by atoms with van der Waals surface area (Å²) >= 11 is 0. The summed E-state index contributed by atoms with van der Waals surface area (Å²) in [7, 11) is -3.70. The van der Waals surface area contributed by atoms with Crippen LogP contribution in [0.2, 0.25) is 0 Å². The molecule has 0 atom stereocenters. The van der Waals surface area contributed by atoms with E-state index in [1.807, 2.05) is 4.72 Å². The van der Waals surface area contributed by atoms with Gasteiger partial charge < -0.3 is 5.11 Å². The summed E-state index contributed by atoms with van der Waals surface area (Å²) in [5.74, 6) is 0. The molecule has 6 nitrogen and oxygen atoms in total. The highest BCUT2D eigenvalue weighted by Gasteiger charge is 2.31. The number of rotatable bonds is 0. The Morgan fingerprint density at radius 3 is 2.40 bits per heavy atom. The van der Waals surface area contributed by atoms with Gasteiger partial charge in [-0.3, -0.25) is 0 Å². The zero-order valence-corrected chi connectivity index (χ0v) is 5.76. The molecule has 0 bridgehead atoms. The number of nitrogens with zero attached hydrogens (tertiary/aromatic N) is 1. The van der Waals surface area contributed by atoms with Gasteiger partial charge in [0.25, 0.3) is 0 Å². The molecule has 1 heterocycles. The van der Waals surface area contributed by atoms with Gasteiger partial charge in [0.1, 0.15) is 0 Å². The van der Waals surface area contributed by atoms with Crippen molar-refractivity contribution < 1.29 is 18.3 Å². The lowest BCUT2D eigenvalue weighted by Gasteiger charge is -2.06. The molecule has 0 aromatic rings. The molecule has 1 rings (SSSR count). The monoisotopic (exact) mass is 166 g/mol.